The number of esters is 4. The largest absolute Gasteiger partial charge is 0.472 e. The summed E-state index contributed by atoms with van der Waals surface area (Å²) in [4.78, 5) is 72.4. The average Bonchev–Trinajstić information content (AvgIpc) is 3.64. The molecular weight excluding hydrogens is 1220 g/mol. The number of hydrogen-bond donors (Lipinski definition) is 3. The molecule has 6 atom stereocenters. The third-order valence-electron chi connectivity index (χ3n) is 17.6. The van der Waals surface area contributed by atoms with Gasteiger partial charge in [-0.3, -0.25) is 37.3 Å². The van der Waals surface area contributed by atoms with Gasteiger partial charge in [-0.15, -0.1) is 0 Å². The highest BCUT2D eigenvalue weighted by atomic mass is 31.2. The van der Waals surface area contributed by atoms with Gasteiger partial charge in [-0.1, -0.05) is 330 Å². The fourth-order valence-electron chi connectivity index (χ4n) is 11.3. The third-order valence-corrected chi connectivity index (χ3v) is 19.5. The smallest absolute Gasteiger partial charge is 0.462 e. The van der Waals surface area contributed by atoms with E-state index in [1.807, 2.05) is 0 Å². The molecule has 0 saturated carbocycles. The number of hydrogen-bond acceptors (Lipinski definition) is 15. The Morgan fingerprint density at radius 1 is 0.312 bits per heavy atom. The van der Waals surface area contributed by atoms with Gasteiger partial charge in [0, 0.05) is 25.7 Å². The Labute approximate surface area is 568 Å². The van der Waals surface area contributed by atoms with E-state index in [-0.39, 0.29) is 25.7 Å². The molecule has 93 heavy (non-hydrogen) atoms. The number of ether oxygens (including phenoxy) is 4. The van der Waals surface area contributed by atoms with Gasteiger partial charge in [0.25, 0.3) is 0 Å². The van der Waals surface area contributed by atoms with Crippen LogP contribution in [0.3, 0.4) is 0 Å². The normalized spacial score (nSPS) is 14.3. The lowest BCUT2D eigenvalue weighted by molar-refractivity contribution is -0.161. The lowest BCUT2D eigenvalue weighted by atomic mass is 9.99. The number of carbonyl (C=O) groups excluding carboxylic acids is 4. The van der Waals surface area contributed by atoms with Crippen molar-refractivity contribution in [3.8, 4) is 0 Å². The molecule has 3 N–H and O–H groups in total. The van der Waals surface area contributed by atoms with Crippen molar-refractivity contribution in [2.75, 3.05) is 39.6 Å². The van der Waals surface area contributed by atoms with E-state index in [1.165, 1.54) is 173 Å². The highest BCUT2D eigenvalue weighted by Gasteiger charge is 2.30. The van der Waals surface area contributed by atoms with Gasteiger partial charge in [-0.25, -0.2) is 9.13 Å². The van der Waals surface area contributed by atoms with E-state index in [4.69, 9.17) is 37.0 Å². The van der Waals surface area contributed by atoms with Crippen LogP contribution in [0.1, 0.15) is 382 Å². The first-order valence-electron chi connectivity index (χ1n) is 38.5. The number of phosphoric ester groups is 2. The first-order valence-corrected chi connectivity index (χ1v) is 41.5. The summed E-state index contributed by atoms with van der Waals surface area (Å²) in [7, 11) is -9.89. The van der Waals surface area contributed by atoms with Gasteiger partial charge in [0.05, 0.1) is 26.4 Å². The third kappa shape index (κ3) is 67.0. The maximum absolute atomic E-state index is 13.1. The van der Waals surface area contributed by atoms with Crippen molar-refractivity contribution in [2.24, 2.45) is 11.8 Å². The molecule has 0 aromatic rings. The fourth-order valence-corrected chi connectivity index (χ4v) is 12.8. The molecule has 0 saturated heterocycles. The van der Waals surface area contributed by atoms with E-state index in [0.717, 1.165) is 127 Å². The van der Waals surface area contributed by atoms with E-state index in [0.29, 0.717) is 25.7 Å². The molecule has 0 aliphatic heterocycles. The maximum atomic E-state index is 13.1. The summed E-state index contributed by atoms with van der Waals surface area (Å²) < 4.78 is 68.2. The molecular formula is C74H144O17P2. The van der Waals surface area contributed by atoms with Crippen LogP contribution >= 0.6 is 15.6 Å². The van der Waals surface area contributed by atoms with Gasteiger partial charge in [0.15, 0.2) is 12.2 Å². The Balaban J connectivity index is 5.11. The first-order chi connectivity index (χ1) is 44.9. The van der Waals surface area contributed by atoms with Gasteiger partial charge < -0.3 is 33.8 Å². The van der Waals surface area contributed by atoms with Gasteiger partial charge in [0.2, 0.25) is 0 Å². The van der Waals surface area contributed by atoms with E-state index < -0.39 is 97.5 Å². The van der Waals surface area contributed by atoms with E-state index in [2.05, 4.69) is 41.5 Å². The van der Waals surface area contributed by atoms with Crippen LogP contribution in [0, 0.1) is 11.8 Å². The molecule has 0 fully saturated rings. The summed E-state index contributed by atoms with van der Waals surface area (Å²) in [5, 5.41) is 10.6. The number of carbonyl (C=O) groups is 4. The van der Waals surface area contributed by atoms with Gasteiger partial charge >= 0.3 is 39.5 Å². The van der Waals surface area contributed by atoms with Crippen LogP contribution < -0.4 is 0 Å². The van der Waals surface area contributed by atoms with E-state index >= 15 is 0 Å². The molecule has 0 bridgehead atoms. The number of rotatable bonds is 73. The van der Waals surface area contributed by atoms with Crippen LogP contribution in [0.5, 0.6) is 0 Å². The molecule has 0 aromatic heterocycles. The lowest BCUT2D eigenvalue weighted by Gasteiger charge is -2.21. The maximum Gasteiger partial charge on any atom is 0.472 e. The van der Waals surface area contributed by atoms with Crippen LogP contribution in [0.4, 0.5) is 0 Å². The number of aliphatic hydroxyl groups excluding tert-OH is 1. The van der Waals surface area contributed by atoms with Crippen molar-refractivity contribution in [1.82, 2.24) is 0 Å². The molecule has 0 aliphatic carbocycles. The second-order valence-corrected chi connectivity index (χ2v) is 30.3. The molecule has 0 aromatic carbocycles. The Morgan fingerprint density at radius 2 is 0.548 bits per heavy atom. The van der Waals surface area contributed by atoms with Crippen molar-refractivity contribution in [3.63, 3.8) is 0 Å². The average molecular weight is 1370 g/mol. The van der Waals surface area contributed by atoms with Crippen molar-refractivity contribution in [2.45, 2.75) is 400 Å². The Kier molecular flexibility index (Phi) is 64.6. The van der Waals surface area contributed by atoms with Crippen molar-refractivity contribution in [3.05, 3.63) is 0 Å². The Hall–Kier alpha value is -1.94. The zero-order chi connectivity index (χ0) is 68.6. The fraction of sp³-hybridized carbons (Fsp3) is 0.946. The van der Waals surface area contributed by atoms with Crippen LogP contribution in [-0.2, 0) is 65.4 Å². The van der Waals surface area contributed by atoms with Crippen LogP contribution in [-0.4, -0.2) is 96.7 Å². The Morgan fingerprint density at radius 3 is 0.817 bits per heavy atom. The predicted octanol–water partition coefficient (Wildman–Crippen LogP) is 21.6. The second-order valence-electron chi connectivity index (χ2n) is 27.4. The van der Waals surface area contributed by atoms with Crippen LogP contribution in [0.2, 0.25) is 0 Å². The summed E-state index contributed by atoms with van der Waals surface area (Å²) in [5.41, 5.74) is 0. The van der Waals surface area contributed by atoms with Crippen LogP contribution in [0.15, 0.2) is 0 Å². The summed E-state index contributed by atoms with van der Waals surface area (Å²) in [6.45, 7) is 9.58. The molecule has 17 nitrogen and oxygen atoms in total. The summed E-state index contributed by atoms with van der Waals surface area (Å²) in [5.74, 6) is -0.458. The molecule has 19 heteroatoms. The zero-order valence-electron chi connectivity index (χ0n) is 60.6. The molecule has 0 heterocycles. The van der Waals surface area contributed by atoms with Crippen molar-refractivity contribution < 1.29 is 80.2 Å². The summed E-state index contributed by atoms with van der Waals surface area (Å²) in [6, 6.07) is 0. The minimum atomic E-state index is -4.95. The molecule has 0 rings (SSSR count). The Bertz CT molecular complexity index is 1810. The molecule has 0 amide bonds. The highest BCUT2D eigenvalue weighted by Crippen LogP contribution is 2.45. The van der Waals surface area contributed by atoms with Crippen molar-refractivity contribution >= 4 is 39.5 Å². The SMILES string of the molecule is CCCCCCCCCC(=O)OC[C@H](COP(=O)(O)OC[C@H](O)COP(=O)(O)OC[C@@H](COC(=O)CCCCCCCCCCCCCCCCC(C)CC)OC(=O)CCCCCCCCCCCCCCCCCCCCC(C)C)OC(=O)CCCCCCCCC. The molecule has 0 spiro atoms. The van der Waals surface area contributed by atoms with E-state index in [9.17, 15) is 43.2 Å². The number of aliphatic hydroxyl groups is 1. The van der Waals surface area contributed by atoms with Gasteiger partial charge in [0.1, 0.15) is 19.3 Å². The number of phosphoric acid groups is 2. The van der Waals surface area contributed by atoms with Crippen molar-refractivity contribution in [1.29, 1.82) is 0 Å². The highest BCUT2D eigenvalue weighted by molar-refractivity contribution is 7.47. The molecule has 3 unspecified atom stereocenters. The molecule has 0 radical (unpaired) electrons. The number of unbranched alkanes of at least 4 members (excludes halogenated alkanes) is 42. The van der Waals surface area contributed by atoms with Gasteiger partial charge in [-0.2, -0.15) is 0 Å². The predicted molar refractivity (Wildman–Crippen MR) is 377 cm³/mol. The minimum absolute atomic E-state index is 0.103. The van der Waals surface area contributed by atoms with Crippen LogP contribution in [0.25, 0.3) is 0 Å². The standard InChI is InChI=1S/C74H144O17P2/c1-7-10-12-14-36-44-50-56-71(76)84-62-69(90-73(78)58-52-46-37-15-13-11-8-2)64-88-92(80,81)86-60-68(75)61-87-93(82,83)89-65-70(63-85-72(77)57-51-45-40-34-30-26-23-22-25-29-33-39-43-49-55-67(6)9-3)91-74(79)59-53-47-41-35-31-27-21-19-17-16-18-20-24-28-32-38-42-48-54-66(4)5/h66-70,75H,7-65H2,1-6H3,(H,80,81)(H,82,83)/t67?,68-,69+,70+/m0/s1. The monoisotopic (exact) mass is 1370 g/mol. The summed E-state index contributed by atoms with van der Waals surface area (Å²) in [6.07, 6.45) is 53.1. The molecule has 0 aliphatic rings. The van der Waals surface area contributed by atoms with Gasteiger partial charge in [-0.05, 0) is 37.5 Å². The topological polar surface area (TPSA) is 237 Å². The van der Waals surface area contributed by atoms with E-state index in [1.54, 1.807) is 0 Å². The summed E-state index contributed by atoms with van der Waals surface area (Å²) >= 11 is 0. The molecule has 552 valence electrons. The second kappa shape index (κ2) is 66.0. The first kappa shape index (κ1) is 91.1. The minimum Gasteiger partial charge on any atom is -0.462 e. The quantitative estimate of drug-likeness (QED) is 0.0222. The zero-order valence-corrected chi connectivity index (χ0v) is 62.3. The lowest BCUT2D eigenvalue weighted by Crippen LogP contribution is -2.30.